The van der Waals surface area contributed by atoms with Crippen molar-refractivity contribution in [1.82, 2.24) is 0 Å². The average Bonchev–Trinajstić information content (AvgIpc) is 3.15. The molecule has 2 N–H and O–H groups in total. The Balaban J connectivity index is 2.81. The lowest BCUT2D eigenvalue weighted by atomic mass is 10.0. The zero-order valence-corrected chi connectivity index (χ0v) is 12.4. The quantitative estimate of drug-likeness (QED) is 0.446. The lowest BCUT2D eigenvalue weighted by Crippen LogP contribution is -2.34. The maximum atomic E-state index is 9.65. The second-order valence-electron chi connectivity index (χ2n) is 4.74. The van der Waals surface area contributed by atoms with E-state index in [0.717, 1.165) is 18.1 Å². The number of terminal acetylenes is 1. The molecular formula is C14H22O3Si. The van der Waals surface area contributed by atoms with E-state index in [1.54, 1.807) is 0 Å². The first-order chi connectivity index (χ1) is 8.54. The van der Waals surface area contributed by atoms with E-state index in [2.05, 4.69) is 38.2 Å². The van der Waals surface area contributed by atoms with Crippen LogP contribution in [0.15, 0.2) is 0 Å². The summed E-state index contributed by atoms with van der Waals surface area (Å²) in [4.78, 5) is 0. The summed E-state index contributed by atoms with van der Waals surface area (Å²) >= 11 is 0. The molecule has 0 aromatic heterocycles. The van der Waals surface area contributed by atoms with Crippen LogP contribution in [0, 0.1) is 23.8 Å². The second kappa shape index (κ2) is 5.91. The van der Waals surface area contributed by atoms with E-state index in [9.17, 15) is 5.11 Å². The summed E-state index contributed by atoms with van der Waals surface area (Å²) in [5.41, 5.74) is 2.30. The van der Waals surface area contributed by atoms with E-state index < -0.39 is 32.5 Å². The SMILES string of the molecule is C#C[C@]1([C@H](O)CO)O[C@@H]1C#C[Si](CC)(CC)CC. The highest BCUT2D eigenvalue weighted by Gasteiger charge is 2.60. The van der Waals surface area contributed by atoms with E-state index in [-0.39, 0.29) is 0 Å². The van der Waals surface area contributed by atoms with E-state index in [4.69, 9.17) is 16.3 Å². The highest BCUT2D eigenvalue weighted by Crippen LogP contribution is 2.39. The van der Waals surface area contributed by atoms with Gasteiger partial charge in [-0.1, -0.05) is 32.6 Å². The molecule has 0 aliphatic carbocycles. The molecule has 0 aromatic carbocycles. The smallest absolute Gasteiger partial charge is 0.195 e. The van der Waals surface area contributed by atoms with Crippen LogP contribution in [0.4, 0.5) is 0 Å². The average molecular weight is 266 g/mol. The molecule has 1 aliphatic heterocycles. The highest BCUT2D eigenvalue weighted by atomic mass is 28.3. The van der Waals surface area contributed by atoms with Gasteiger partial charge in [0.1, 0.15) is 14.2 Å². The Morgan fingerprint density at radius 1 is 1.33 bits per heavy atom. The van der Waals surface area contributed by atoms with Crippen molar-refractivity contribution in [2.45, 2.75) is 56.7 Å². The molecule has 0 saturated carbocycles. The molecule has 100 valence electrons. The van der Waals surface area contributed by atoms with Gasteiger partial charge in [0.25, 0.3) is 0 Å². The van der Waals surface area contributed by atoms with Crippen molar-refractivity contribution >= 4 is 8.07 Å². The molecule has 1 heterocycles. The van der Waals surface area contributed by atoms with Crippen LogP contribution in [0.25, 0.3) is 0 Å². The van der Waals surface area contributed by atoms with Gasteiger partial charge < -0.3 is 14.9 Å². The molecule has 1 rings (SSSR count). The third kappa shape index (κ3) is 2.63. The Hall–Kier alpha value is -0.783. The van der Waals surface area contributed by atoms with Crippen LogP contribution >= 0.6 is 0 Å². The molecule has 0 amide bonds. The minimum Gasteiger partial charge on any atom is -0.394 e. The summed E-state index contributed by atoms with van der Waals surface area (Å²) in [5, 5.41) is 18.6. The fourth-order valence-electron chi connectivity index (χ4n) is 2.13. The van der Waals surface area contributed by atoms with Gasteiger partial charge in [0, 0.05) is 0 Å². The number of rotatable bonds is 5. The van der Waals surface area contributed by atoms with Crippen LogP contribution in [0.1, 0.15) is 20.8 Å². The Morgan fingerprint density at radius 2 is 1.89 bits per heavy atom. The number of hydrogen-bond donors (Lipinski definition) is 2. The molecule has 1 saturated heterocycles. The molecule has 3 nitrogen and oxygen atoms in total. The fourth-order valence-corrected chi connectivity index (χ4v) is 4.59. The number of aliphatic hydroxyl groups is 2. The lowest BCUT2D eigenvalue weighted by molar-refractivity contribution is 0.0483. The molecule has 0 unspecified atom stereocenters. The van der Waals surface area contributed by atoms with Crippen LogP contribution in [0.3, 0.4) is 0 Å². The summed E-state index contributed by atoms with van der Waals surface area (Å²) in [6, 6.07) is 3.35. The first-order valence-electron chi connectivity index (χ1n) is 6.51. The van der Waals surface area contributed by atoms with E-state index >= 15 is 0 Å². The number of ether oxygens (including phenoxy) is 1. The summed E-state index contributed by atoms with van der Waals surface area (Å²) in [6.45, 7) is 6.14. The Morgan fingerprint density at radius 3 is 2.28 bits per heavy atom. The van der Waals surface area contributed by atoms with Gasteiger partial charge in [-0.25, -0.2) is 0 Å². The molecule has 1 aliphatic rings. The predicted octanol–water partition coefficient (Wildman–Crippen LogP) is 1.16. The molecule has 0 aromatic rings. The van der Waals surface area contributed by atoms with Crippen LogP contribution < -0.4 is 0 Å². The molecule has 1 fully saturated rings. The van der Waals surface area contributed by atoms with Crippen molar-refractivity contribution in [1.29, 1.82) is 0 Å². The summed E-state index contributed by atoms with van der Waals surface area (Å²) in [7, 11) is -1.51. The van der Waals surface area contributed by atoms with Crippen molar-refractivity contribution in [3.05, 3.63) is 0 Å². The Kier molecular flexibility index (Phi) is 5.01. The Labute approximate surface area is 111 Å². The van der Waals surface area contributed by atoms with Crippen LogP contribution in [0.5, 0.6) is 0 Å². The Bertz CT molecular complexity index is 378. The molecular weight excluding hydrogens is 244 g/mol. The van der Waals surface area contributed by atoms with Crippen LogP contribution in [-0.4, -0.2) is 42.7 Å². The van der Waals surface area contributed by atoms with Crippen LogP contribution in [0.2, 0.25) is 18.1 Å². The number of epoxide rings is 1. The van der Waals surface area contributed by atoms with Crippen molar-refractivity contribution in [3.63, 3.8) is 0 Å². The topological polar surface area (TPSA) is 53.0 Å². The van der Waals surface area contributed by atoms with Crippen molar-refractivity contribution in [2.75, 3.05) is 6.61 Å². The van der Waals surface area contributed by atoms with E-state index in [0.29, 0.717) is 0 Å². The van der Waals surface area contributed by atoms with E-state index in [1.807, 2.05) is 0 Å². The van der Waals surface area contributed by atoms with Gasteiger partial charge in [0.2, 0.25) is 0 Å². The first kappa shape index (κ1) is 15.3. The van der Waals surface area contributed by atoms with Gasteiger partial charge in [0.05, 0.1) is 6.61 Å². The number of aliphatic hydroxyl groups excluding tert-OH is 2. The van der Waals surface area contributed by atoms with Crippen molar-refractivity contribution in [2.24, 2.45) is 0 Å². The summed E-state index contributed by atoms with van der Waals surface area (Å²) < 4.78 is 5.34. The van der Waals surface area contributed by atoms with E-state index in [1.165, 1.54) is 0 Å². The number of hydrogen-bond acceptors (Lipinski definition) is 3. The molecule has 4 heteroatoms. The van der Waals surface area contributed by atoms with Gasteiger partial charge >= 0.3 is 0 Å². The fraction of sp³-hybridized carbons (Fsp3) is 0.714. The van der Waals surface area contributed by atoms with Gasteiger partial charge in [0.15, 0.2) is 11.7 Å². The highest BCUT2D eigenvalue weighted by molar-refractivity contribution is 6.87. The molecule has 0 radical (unpaired) electrons. The van der Waals surface area contributed by atoms with Gasteiger partial charge in [-0.2, -0.15) is 0 Å². The van der Waals surface area contributed by atoms with Gasteiger partial charge in [-0.05, 0) is 18.1 Å². The molecule has 0 spiro atoms. The normalized spacial score (nSPS) is 27.9. The first-order valence-corrected chi connectivity index (χ1v) is 9.13. The molecule has 18 heavy (non-hydrogen) atoms. The second-order valence-corrected chi connectivity index (χ2v) is 9.68. The lowest BCUT2D eigenvalue weighted by Gasteiger charge is -2.20. The minimum absolute atomic E-state index is 0.402. The van der Waals surface area contributed by atoms with Crippen molar-refractivity contribution < 1.29 is 14.9 Å². The standard InChI is InChI=1S/C14H22O3Si/c1-5-14(12(16)11-15)13(17-14)9-10-18(6-2,7-3)8-4/h1,12-13,15-16H,6-8,11H2,2-4H3/t12-,13-,14-/m1/s1. The minimum atomic E-state index is -1.51. The molecule has 3 atom stereocenters. The molecule has 0 bridgehead atoms. The third-order valence-corrected chi connectivity index (χ3v) is 8.77. The van der Waals surface area contributed by atoms with Crippen molar-refractivity contribution in [3.8, 4) is 23.8 Å². The summed E-state index contributed by atoms with van der Waals surface area (Å²) in [6.07, 6.45) is 3.89. The predicted molar refractivity (Wildman–Crippen MR) is 74.5 cm³/mol. The largest absolute Gasteiger partial charge is 0.394 e. The van der Waals surface area contributed by atoms with Gasteiger partial charge in [-0.3, -0.25) is 0 Å². The zero-order valence-electron chi connectivity index (χ0n) is 11.4. The van der Waals surface area contributed by atoms with Gasteiger partial charge in [-0.15, -0.1) is 12.0 Å². The summed E-state index contributed by atoms with van der Waals surface area (Å²) in [5.74, 6) is 5.51. The zero-order chi connectivity index (χ0) is 13.8. The maximum absolute atomic E-state index is 9.65. The van der Waals surface area contributed by atoms with Crippen LogP contribution in [-0.2, 0) is 4.74 Å². The third-order valence-electron chi connectivity index (χ3n) is 4.04. The monoisotopic (exact) mass is 266 g/mol. The maximum Gasteiger partial charge on any atom is 0.195 e.